The van der Waals surface area contributed by atoms with Gasteiger partial charge in [0, 0.05) is 29.3 Å². The Kier molecular flexibility index (Phi) is 2.41. The highest BCUT2D eigenvalue weighted by molar-refractivity contribution is 6.31. The van der Waals surface area contributed by atoms with E-state index < -0.39 is 0 Å². The molecule has 0 bridgehead atoms. The fourth-order valence-electron chi connectivity index (χ4n) is 3.20. The van der Waals surface area contributed by atoms with E-state index in [4.69, 9.17) is 11.6 Å². The molecule has 2 aromatic rings. The number of benzene rings is 1. The summed E-state index contributed by atoms with van der Waals surface area (Å²) in [5.74, 6) is 0.595. The van der Waals surface area contributed by atoms with E-state index in [1.165, 1.54) is 12.4 Å². The van der Waals surface area contributed by atoms with Gasteiger partial charge in [0.1, 0.15) is 11.5 Å². The van der Waals surface area contributed by atoms with Crippen molar-refractivity contribution < 1.29 is 4.92 Å². The Morgan fingerprint density at radius 3 is 2.86 bits per heavy atom. The SMILES string of the molecule is O=[N+]([O-])c1ccc2c(c1)CC1(C=Nc3ncnc(Cl)c31)C2. The van der Waals surface area contributed by atoms with Crippen LogP contribution in [0.25, 0.3) is 0 Å². The van der Waals surface area contributed by atoms with Crippen LogP contribution in [-0.4, -0.2) is 21.1 Å². The van der Waals surface area contributed by atoms with Gasteiger partial charge in [-0.25, -0.2) is 15.0 Å². The van der Waals surface area contributed by atoms with Gasteiger partial charge in [0.2, 0.25) is 0 Å². The van der Waals surface area contributed by atoms with Gasteiger partial charge in [0.05, 0.1) is 4.92 Å². The lowest BCUT2D eigenvalue weighted by Gasteiger charge is -2.20. The molecular weight excluding hydrogens is 292 g/mol. The Bertz CT molecular complexity index is 821. The molecule has 7 heteroatoms. The van der Waals surface area contributed by atoms with Crippen LogP contribution < -0.4 is 0 Å². The number of nitro groups is 1. The van der Waals surface area contributed by atoms with Gasteiger partial charge in [-0.2, -0.15) is 0 Å². The number of aromatic nitrogens is 2. The molecule has 1 aliphatic carbocycles. The van der Waals surface area contributed by atoms with E-state index in [0.29, 0.717) is 23.8 Å². The molecule has 2 aliphatic rings. The predicted molar refractivity (Wildman–Crippen MR) is 77.4 cm³/mol. The highest BCUT2D eigenvalue weighted by Gasteiger charge is 2.44. The van der Waals surface area contributed by atoms with E-state index in [-0.39, 0.29) is 16.0 Å². The number of rotatable bonds is 1. The fourth-order valence-corrected chi connectivity index (χ4v) is 3.52. The average Bonchev–Trinajstić information content (AvgIpc) is 3.00. The Hall–Kier alpha value is -2.34. The third-order valence-electron chi connectivity index (χ3n) is 4.13. The summed E-state index contributed by atoms with van der Waals surface area (Å²) in [6.45, 7) is 0. The smallest absolute Gasteiger partial charge is 0.258 e. The molecule has 0 saturated carbocycles. The molecule has 2 heterocycles. The maximum absolute atomic E-state index is 10.9. The van der Waals surface area contributed by atoms with Gasteiger partial charge in [-0.1, -0.05) is 17.7 Å². The van der Waals surface area contributed by atoms with Crippen molar-refractivity contribution >= 4 is 29.3 Å². The van der Waals surface area contributed by atoms with Gasteiger partial charge < -0.3 is 0 Å². The molecule has 1 atom stereocenters. The summed E-state index contributed by atoms with van der Waals surface area (Å²) in [7, 11) is 0. The van der Waals surface area contributed by atoms with E-state index in [1.54, 1.807) is 6.07 Å². The van der Waals surface area contributed by atoms with E-state index in [9.17, 15) is 10.1 Å². The highest BCUT2D eigenvalue weighted by atomic mass is 35.5. The molecule has 0 saturated heterocycles. The van der Waals surface area contributed by atoms with Gasteiger partial charge in [-0.05, 0) is 24.0 Å². The third kappa shape index (κ3) is 1.69. The van der Waals surface area contributed by atoms with Crippen LogP contribution in [-0.2, 0) is 18.3 Å². The van der Waals surface area contributed by atoms with E-state index in [0.717, 1.165) is 16.7 Å². The Labute approximate surface area is 124 Å². The molecular formula is C14H9ClN4O2. The number of non-ortho nitro benzene ring substituents is 1. The van der Waals surface area contributed by atoms with Gasteiger partial charge in [0.15, 0.2) is 5.82 Å². The van der Waals surface area contributed by atoms with Gasteiger partial charge >= 0.3 is 0 Å². The molecule has 1 aliphatic heterocycles. The second-order valence-electron chi connectivity index (χ2n) is 5.34. The number of nitrogens with zero attached hydrogens (tertiary/aromatic N) is 4. The number of hydrogen-bond acceptors (Lipinski definition) is 5. The molecule has 0 amide bonds. The zero-order valence-electron chi connectivity index (χ0n) is 10.8. The first-order valence-electron chi connectivity index (χ1n) is 6.41. The minimum atomic E-state index is -0.377. The van der Waals surface area contributed by atoms with Crippen LogP contribution in [0, 0.1) is 10.1 Å². The molecule has 0 N–H and O–H groups in total. The largest absolute Gasteiger partial charge is 0.269 e. The van der Waals surface area contributed by atoms with E-state index >= 15 is 0 Å². The molecule has 1 aromatic carbocycles. The minimum Gasteiger partial charge on any atom is -0.258 e. The quantitative estimate of drug-likeness (QED) is 0.461. The van der Waals surface area contributed by atoms with Crippen LogP contribution >= 0.6 is 11.6 Å². The normalized spacial score (nSPS) is 21.6. The summed E-state index contributed by atoms with van der Waals surface area (Å²) in [5.41, 5.74) is 2.61. The van der Waals surface area contributed by atoms with Crippen LogP contribution in [0.2, 0.25) is 5.15 Å². The number of aliphatic imine (C=N–C) groups is 1. The summed E-state index contributed by atoms with van der Waals surface area (Å²) in [5, 5.41) is 11.3. The number of halogens is 1. The molecule has 4 rings (SSSR count). The molecule has 0 radical (unpaired) electrons. The second kappa shape index (κ2) is 4.08. The second-order valence-corrected chi connectivity index (χ2v) is 5.70. The van der Waals surface area contributed by atoms with Crippen molar-refractivity contribution in [1.82, 2.24) is 9.97 Å². The molecule has 104 valence electrons. The van der Waals surface area contributed by atoms with Crippen LogP contribution in [0.5, 0.6) is 0 Å². The summed E-state index contributed by atoms with van der Waals surface area (Å²) in [6, 6.07) is 4.98. The summed E-state index contributed by atoms with van der Waals surface area (Å²) in [4.78, 5) is 23.1. The lowest BCUT2D eigenvalue weighted by atomic mass is 9.81. The fraction of sp³-hybridized carbons (Fsp3) is 0.214. The zero-order valence-corrected chi connectivity index (χ0v) is 11.5. The van der Waals surface area contributed by atoms with E-state index in [2.05, 4.69) is 15.0 Å². The molecule has 1 aromatic heterocycles. The first-order valence-corrected chi connectivity index (χ1v) is 6.79. The van der Waals surface area contributed by atoms with Crippen molar-refractivity contribution in [2.75, 3.05) is 0 Å². The summed E-state index contributed by atoms with van der Waals surface area (Å²) in [6.07, 6.45) is 4.59. The van der Waals surface area contributed by atoms with Crippen molar-refractivity contribution in [3.8, 4) is 0 Å². The van der Waals surface area contributed by atoms with Crippen molar-refractivity contribution in [2.24, 2.45) is 4.99 Å². The standard InChI is InChI=1S/C14H9ClN4O2/c15-12-11-13(18-7-17-12)16-6-14(11)4-8-1-2-10(19(20)21)3-9(8)5-14/h1-3,6-7H,4-5H2. The minimum absolute atomic E-state index is 0.108. The van der Waals surface area contributed by atoms with Crippen LogP contribution in [0.15, 0.2) is 29.5 Å². The molecule has 1 unspecified atom stereocenters. The van der Waals surface area contributed by atoms with Crippen molar-refractivity contribution in [2.45, 2.75) is 18.3 Å². The van der Waals surface area contributed by atoms with Gasteiger partial charge in [-0.15, -0.1) is 0 Å². The zero-order chi connectivity index (χ0) is 14.6. The maximum atomic E-state index is 10.9. The number of fused-ring (bicyclic) bond motifs is 3. The van der Waals surface area contributed by atoms with Crippen LogP contribution in [0.1, 0.15) is 16.7 Å². The number of nitro benzene ring substituents is 1. The lowest BCUT2D eigenvalue weighted by Crippen LogP contribution is -2.26. The molecule has 1 spiro atoms. The molecule has 0 fully saturated rings. The van der Waals surface area contributed by atoms with Gasteiger partial charge in [-0.3, -0.25) is 10.1 Å². The molecule has 21 heavy (non-hydrogen) atoms. The Morgan fingerprint density at radius 2 is 2.05 bits per heavy atom. The van der Waals surface area contributed by atoms with Crippen molar-refractivity contribution in [1.29, 1.82) is 0 Å². The number of hydrogen-bond donors (Lipinski definition) is 0. The van der Waals surface area contributed by atoms with Crippen molar-refractivity contribution in [3.05, 3.63) is 56.5 Å². The Balaban J connectivity index is 1.82. The molecule has 6 nitrogen and oxygen atoms in total. The average molecular weight is 301 g/mol. The Morgan fingerprint density at radius 1 is 1.24 bits per heavy atom. The predicted octanol–water partition coefficient (Wildman–Crippen LogP) is 2.79. The first-order chi connectivity index (χ1) is 10.1. The summed E-state index contributed by atoms with van der Waals surface area (Å²) >= 11 is 6.22. The van der Waals surface area contributed by atoms with Crippen LogP contribution in [0.3, 0.4) is 0 Å². The van der Waals surface area contributed by atoms with Gasteiger partial charge in [0.25, 0.3) is 5.69 Å². The van der Waals surface area contributed by atoms with Crippen molar-refractivity contribution in [3.63, 3.8) is 0 Å². The van der Waals surface area contributed by atoms with E-state index in [1.807, 2.05) is 12.3 Å². The topological polar surface area (TPSA) is 81.3 Å². The van der Waals surface area contributed by atoms with Crippen LogP contribution in [0.4, 0.5) is 11.5 Å². The third-order valence-corrected chi connectivity index (χ3v) is 4.41. The maximum Gasteiger partial charge on any atom is 0.269 e. The summed E-state index contributed by atoms with van der Waals surface area (Å²) < 4.78 is 0. The highest BCUT2D eigenvalue weighted by Crippen LogP contribution is 2.47. The first kappa shape index (κ1) is 12.4. The lowest BCUT2D eigenvalue weighted by molar-refractivity contribution is -0.384. The monoisotopic (exact) mass is 300 g/mol.